The number of piperidine rings is 1. The Labute approximate surface area is 205 Å². The quantitative estimate of drug-likeness (QED) is 0.551. The molecule has 1 aromatic carbocycles. The first-order valence-electron chi connectivity index (χ1n) is 12.8. The van der Waals surface area contributed by atoms with Crippen molar-refractivity contribution in [1.29, 1.82) is 0 Å². The summed E-state index contributed by atoms with van der Waals surface area (Å²) in [6.07, 6.45) is 6.90. The van der Waals surface area contributed by atoms with Crippen LogP contribution in [0.5, 0.6) is 0 Å². The Morgan fingerprint density at radius 2 is 1.62 bits per heavy atom. The van der Waals surface area contributed by atoms with E-state index in [-0.39, 0.29) is 28.5 Å². The van der Waals surface area contributed by atoms with Gasteiger partial charge in [0.25, 0.3) is 0 Å². The van der Waals surface area contributed by atoms with Crippen molar-refractivity contribution in [2.75, 3.05) is 19.6 Å². The van der Waals surface area contributed by atoms with Gasteiger partial charge < -0.3 is 10.2 Å². The number of carbonyl (C=O) groups is 2. The fourth-order valence-corrected chi connectivity index (χ4v) is 6.09. The minimum atomic E-state index is -3.53. The first kappa shape index (κ1) is 26.7. The maximum Gasteiger partial charge on any atom is 0.245 e. The highest BCUT2D eigenvalue weighted by Crippen LogP contribution is 2.29. The third-order valence-electron chi connectivity index (χ3n) is 7.10. The molecular formula is C26H41N3O4S. The average molecular weight is 492 g/mol. The molecule has 0 unspecified atom stereocenters. The molecule has 0 bridgehead atoms. The fourth-order valence-electron chi connectivity index (χ4n) is 4.97. The predicted molar refractivity (Wildman–Crippen MR) is 134 cm³/mol. The summed E-state index contributed by atoms with van der Waals surface area (Å²) in [7, 11) is -3.53. The van der Waals surface area contributed by atoms with Gasteiger partial charge in [0, 0.05) is 25.6 Å². The van der Waals surface area contributed by atoms with Crippen LogP contribution >= 0.6 is 0 Å². The zero-order valence-electron chi connectivity index (χ0n) is 20.9. The maximum absolute atomic E-state index is 13.1. The van der Waals surface area contributed by atoms with Crippen molar-refractivity contribution in [2.45, 2.75) is 83.1 Å². The number of likely N-dealkylation sites (tertiary alicyclic amines) is 1. The number of benzene rings is 1. The normalized spacial score (nSPS) is 22.4. The molecule has 0 spiro atoms. The van der Waals surface area contributed by atoms with Crippen molar-refractivity contribution in [3.8, 4) is 0 Å². The first-order valence-corrected chi connectivity index (χ1v) is 14.3. The Bertz CT molecular complexity index is 916. The molecule has 34 heavy (non-hydrogen) atoms. The Kier molecular flexibility index (Phi) is 9.54. The van der Waals surface area contributed by atoms with Gasteiger partial charge in [0.15, 0.2) is 0 Å². The lowest BCUT2D eigenvalue weighted by molar-refractivity contribution is -0.139. The number of hydrogen-bond acceptors (Lipinski definition) is 4. The van der Waals surface area contributed by atoms with E-state index in [2.05, 4.69) is 23.9 Å². The largest absolute Gasteiger partial charge is 0.344 e. The fraction of sp³-hybridized carbons (Fsp3) is 0.692. The summed E-state index contributed by atoms with van der Waals surface area (Å²) in [5.74, 6) is 0.437. The lowest BCUT2D eigenvalue weighted by Crippen LogP contribution is -2.52. The molecule has 2 N–H and O–H groups in total. The van der Waals surface area contributed by atoms with Crippen molar-refractivity contribution in [3.05, 3.63) is 29.8 Å². The second-order valence-corrected chi connectivity index (χ2v) is 12.2. The lowest BCUT2D eigenvalue weighted by atomic mass is 9.81. The van der Waals surface area contributed by atoms with Crippen LogP contribution < -0.4 is 10.0 Å². The number of sulfonamides is 1. The summed E-state index contributed by atoms with van der Waals surface area (Å²) in [6, 6.07) is 6.38. The highest BCUT2D eigenvalue weighted by Gasteiger charge is 2.32. The van der Waals surface area contributed by atoms with Crippen LogP contribution in [0.1, 0.15) is 70.8 Å². The first-order chi connectivity index (χ1) is 16.2. The van der Waals surface area contributed by atoms with E-state index in [4.69, 9.17) is 0 Å². The van der Waals surface area contributed by atoms with Gasteiger partial charge in [-0.25, -0.2) is 13.1 Å². The van der Waals surface area contributed by atoms with E-state index < -0.39 is 16.1 Å². The summed E-state index contributed by atoms with van der Waals surface area (Å²) in [4.78, 5) is 28.3. The van der Waals surface area contributed by atoms with Crippen LogP contribution in [0.25, 0.3) is 0 Å². The molecule has 1 aromatic rings. The number of hydrogen-bond donors (Lipinski definition) is 2. The van der Waals surface area contributed by atoms with Crippen molar-refractivity contribution in [3.63, 3.8) is 0 Å². The molecule has 7 nitrogen and oxygen atoms in total. The molecule has 1 saturated carbocycles. The highest BCUT2D eigenvalue weighted by molar-refractivity contribution is 7.89. The van der Waals surface area contributed by atoms with Crippen molar-refractivity contribution < 1.29 is 18.0 Å². The topological polar surface area (TPSA) is 95.6 Å². The molecule has 2 fully saturated rings. The third-order valence-corrected chi connectivity index (χ3v) is 8.54. The van der Waals surface area contributed by atoms with Crippen molar-refractivity contribution in [1.82, 2.24) is 14.9 Å². The summed E-state index contributed by atoms with van der Waals surface area (Å²) in [5.41, 5.74) is 1.02. The van der Waals surface area contributed by atoms with E-state index >= 15 is 0 Å². The SMILES string of the molecule is Cc1ccc(S(=O)(=O)NCC2CCC(C(=O)N[C@H](CC(C)C)C(=O)N3CCCCC3)CC2)cc1. The van der Waals surface area contributed by atoms with Gasteiger partial charge in [-0.3, -0.25) is 9.59 Å². The minimum absolute atomic E-state index is 0.0327. The van der Waals surface area contributed by atoms with Crippen LogP contribution in [-0.4, -0.2) is 50.8 Å². The Hall–Kier alpha value is -1.93. The van der Waals surface area contributed by atoms with E-state index in [1.54, 1.807) is 24.3 Å². The van der Waals surface area contributed by atoms with Crippen LogP contribution in [-0.2, 0) is 19.6 Å². The van der Waals surface area contributed by atoms with Crippen LogP contribution in [0, 0.1) is 24.7 Å². The average Bonchev–Trinajstić information content (AvgIpc) is 2.83. The molecule has 2 amide bonds. The molecule has 8 heteroatoms. The lowest BCUT2D eigenvalue weighted by Gasteiger charge is -2.33. The van der Waals surface area contributed by atoms with Gasteiger partial charge in [0.05, 0.1) is 4.90 Å². The smallest absolute Gasteiger partial charge is 0.245 e. The van der Waals surface area contributed by atoms with Gasteiger partial charge in [-0.2, -0.15) is 0 Å². The van der Waals surface area contributed by atoms with Crippen molar-refractivity contribution in [2.24, 2.45) is 17.8 Å². The van der Waals surface area contributed by atoms with Gasteiger partial charge in [-0.05, 0) is 82.3 Å². The predicted octanol–water partition coefficient (Wildman–Crippen LogP) is 3.62. The molecular weight excluding hydrogens is 450 g/mol. The van der Waals surface area contributed by atoms with Crippen LogP contribution in [0.3, 0.4) is 0 Å². The molecule has 1 atom stereocenters. The minimum Gasteiger partial charge on any atom is -0.344 e. The number of nitrogens with zero attached hydrogens (tertiary/aromatic N) is 1. The van der Waals surface area contributed by atoms with E-state index in [1.165, 1.54) is 0 Å². The Morgan fingerprint density at radius 3 is 2.21 bits per heavy atom. The summed E-state index contributed by atoms with van der Waals surface area (Å²) in [5, 5.41) is 3.07. The molecule has 2 aliphatic rings. The second-order valence-electron chi connectivity index (χ2n) is 10.5. The van der Waals surface area contributed by atoms with Gasteiger partial charge >= 0.3 is 0 Å². The number of nitrogens with one attached hydrogen (secondary N) is 2. The van der Waals surface area contributed by atoms with Crippen LogP contribution in [0.4, 0.5) is 0 Å². The number of rotatable bonds is 9. The molecule has 3 rings (SSSR count). The molecule has 1 aliphatic heterocycles. The summed E-state index contributed by atoms with van der Waals surface area (Å²) >= 11 is 0. The van der Waals surface area contributed by atoms with Crippen molar-refractivity contribution >= 4 is 21.8 Å². The summed E-state index contributed by atoms with van der Waals surface area (Å²) < 4.78 is 27.8. The molecule has 1 heterocycles. The van der Waals surface area contributed by atoms with Crippen LogP contribution in [0.15, 0.2) is 29.2 Å². The zero-order chi connectivity index (χ0) is 24.7. The van der Waals surface area contributed by atoms with Gasteiger partial charge in [0.2, 0.25) is 21.8 Å². The monoisotopic (exact) mass is 491 g/mol. The number of amides is 2. The zero-order valence-corrected chi connectivity index (χ0v) is 21.7. The molecule has 190 valence electrons. The Morgan fingerprint density at radius 1 is 1.00 bits per heavy atom. The standard InChI is InChI=1S/C26H41N3O4S/c1-19(2)17-24(26(31)29-15-5-4-6-16-29)28-25(30)22-11-9-21(10-12-22)18-27-34(32,33)23-13-7-20(3)8-14-23/h7-8,13-14,19,21-22,24,27H,4-6,9-12,15-18H2,1-3H3,(H,28,30)/t21?,22?,24-/m1/s1. The third kappa shape index (κ3) is 7.54. The molecule has 1 aliphatic carbocycles. The molecule has 0 aromatic heterocycles. The summed E-state index contributed by atoms with van der Waals surface area (Å²) in [6.45, 7) is 8.03. The highest BCUT2D eigenvalue weighted by atomic mass is 32.2. The molecule has 0 radical (unpaired) electrons. The number of carbonyl (C=O) groups excluding carboxylic acids is 2. The maximum atomic E-state index is 13.1. The van der Waals surface area contributed by atoms with Gasteiger partial charge in [-0.1, -0.05) is 31.5 Å². The second kappa shape index (κ2) is 12.2. The van der Waals surface area contributed by atoms with Gasteiger partial charge in [0.1, 0.15) is 6.04 Å². The molecule has 1 saturated heterocycles. The van der Waals surface area contributed by atoms with Crippen LogP contribution in [0.2, 0.25) is 0 Å². The number of aryl methyl sites for hydroxylation is 1. The Balaban J connectivity index is 1.48. The van der Waals surface area contributed by atoms with E-state index in [0.29, 0.717) is 18.9 Å². The van der Waals surface area contributed by atoms with E-state index in [9.17, 15) is 18.0 Å². The van der Waals surface area contributed by atoms with E-state index in [1.807, 2.05) is 11.8 Å². The van der Waals surface area contributed by atoms with E-state index in [0.717, 1.165) is 63.6 Å². The van der Waals surface area contributed by atoms with Gasteiger partial charge in [-0.15, -0.1) is 0 Å².